The van der Waals surface area contributed by atoms with E-state index >= 15 is 0 Å². The summed E-state index contributed by atoms with van der Waals surface area (Å²) in [6.45, 7) is 6.98. The van der Waals surface area contributed by atoms with Crippen LogP contribution in [0.15, 0.2) is 18.2 Å². The first-order valence-electron chi connectivity index (χ1n) is 6.65. The van der Waals surface area contributed by atoms with Crippen LogP contribution >= 0.6 is 12.2 Å². The van der Waals surface area contributed by atoms with Crippen molar-refractivity contribution in [2.24, 2.45) is 5.73 Å². The molecule has 0 atom stereocenters. The Morgan fingerprint density at radius 3 is 2.45 bits per heavy atom. The Bertz CT molecular complexity index is 524. The fourth-order valence-corrected chi connectivity index (χ4v) is 2.61. The summed E-state index contributed by atoms with van der Waals surface area (Å²) in [4.78, 5) is 15.5. The van der Waals surface area contributed by atoms with Crippen LogP contribution < -0.4 is 16.0 Å². The van der Waals surface area contributed by atoms with Crippen LogP contribution in [0.5, 0.6) is 0 Å². The van der Waals surface area contributed by atoms with Crippen molar-refractivity contribution in [2.45, 2.75) is 13.8 Å². The van der Waals surface area contributed by atoms with E-state index in [0.717, 1.165) is 31.9 Å². The van der Waals surface area contributed by atoms with Crippen molar-refractivity contribution >= 4 is 34.6 Å². The molecule has 0 aromatic heterocycles. The van der Waals surface area contributed by atoms with Gasteiger partial charge in [-0.2, -0.15) is 0 Å². The molecule has 5 nitrogen and oxygen atoms in total. The van der Waals surface area contributed by atoms with E-state index in [0.29, 0.717) is 0 Å². The predicted molar refractivity (Wildman–Crippen MR) is 86.1 cm³/mol. The molecule has 1 aromatic carbocycles. The maximum atomic E-state index is 11.3. The molecule has 1 aliphatic heterocycles. The second-order valence-corrected chi connectivity index (χ2v) is 5.42. The zero-order valence-electron chi connectivity index (χ0n) is 11.8. The highest BCUT2D eigenvalue weighted by molar-refractivity contribution is 7.80. The topological polar surface area (TPSA) is 61.6 Å². The molecular formula is C14H20N4OS. The van der Waals surface area contributed by atoms with Gasteiger partial charge in [0, 0.05) is 44.5 Å². The van der Waals surface area contributed by atoms with E-state index in [1.54, 1.807) is 6.92 Å². The highest BCUT2D eigenvalue weighted by atomic mass is 32.1. The minimum absolute atomic E-state index is 0.150. The summed E-state index contributed by atoms with van der Waals surface area (Å²) in [5.74, 6) is 0.150. The number of thiocarbonyl (C=S) groups is 1. The van der Waals surface area contributed by atoms with Gasteiger partial charge < -0.3 is 20.9 Å². The maximum absolute atomic E-state index is 11.3. The van der Waals surface area contributed by atoms with Crippen molar-refractivity contribution in [3.8, 4) is 0 Å². The first kappa shape index (κ1) is 14.6. The fourth-order valence-electron chi connectivity index (χ4n) is 2.49. The average Bonchev–Trinajstić information content (AvgIpc) is 2.38. The number of hydrogen-bond acceptors (Lipinski definition) is 3. The quantitative estimate of drug-likeness (QED) is 0.805. The molecular weight excluding hydrogens is 272 g/mol. The zero-order valence-corrected chi connectivity index (χ0v) is 12.7. The Labute approximate surface area is 124 Å². The van der Waals surface area contributed by atoms with Crippen molar-refractivity contribution < 1.29 is 4.79 Å². The second-order valence-electron chi connectivity index (χ2n) is 4.98. The Hall–Kier alpha value is -1.82. The van der Waals surface area contributed by atoms with Crippen LogP contribution in [0.25, 0.3) is 0 Å². The highest BCUT2D eigenvalue weighted by Gasteiger charge is 2.19. The largest absolute Gasteiger partial charge is 0.376 e. The van der Waals surface area contributed by atoms with Gasteiger partial charge in [0.25, 0.3) is 0 Å². The number of hydrogen-bond donors (Lipinski definition) is 2. The Morgan fingerprint density at radius 1 is 1.30 bits per heavy atom. The van der Waals surface area contributed by atoms with Gasteiger partial charge in [0.15, 0.2) is 5.11 Å². The summed E-state index contributed by atoms with van der Waals surface area (Å²) < 4.78 is 0. The maximum Gasteiger partial charge on any atom is 0.219 e. The number of nitrogens with one attached hydrogen (secondary N) is 1. The molecule has 3 N–H and O–H groups in total. The van der Waals surface area contributed by atoms with Crippen LogP contribution in [0.2, 0.25) is 0 Å². The molecule has 0 unspecified atom stereocenters. The van der Waals surface area contributed by atoms with Gasteiger partial charge >= 0.3 is 0 Å². The first-order valence-corrected chi connectivity index (χ1v) is 7.06. The van der Waals surface area contributed by atoms with Gasteiger partial charge in [-0.1, -0.05) is 0 Å². The number of piperazine rings is 1. The minimum Gasteiger partial charge on any atom is -0.376 e. The molecule has 0 saturated carbocycles. The third-order valence-electron chi connectivity index (χ3n) is 3.53. The van der Waals surface area contributed by atoms with Gasteiger partial charge in [0.1, 0.15) is 0 Å². The van der Waals surface area contributed by atoms with Crippen molar-refractivity contribution in [1.29, 1.82) is 0 Å². The third-order valence-corrected chi connectivity index (χ3v) is 3.63. The van der Waals surface area contributed by atoms with Crippen molar-refractivity contribution in [1.82, 2.24) is 4.90 Å². The van der Waals surface area contributed by atoms with Crippen LogP contribution in [-0.2, 0) is 4.79 Å². The number of amides is 1. The van der Waals surface area contributed by atoms with Gasteiger partial charge in [-0.05, 0) is 42.9 Å². The smallest absolute Gasteiger partial charge is 0.219 e. The summed E-state index contributed by atoms with van der Waals surface area (Å²) in [6.07, 6.45) is 0. The lowest BCUT2D eigenvalue weighted by molar-refractivity contribution is -0.129. The molecule has 0 aliphatic carbocycles. The minimum atomic E-state index is 0.150. The number of nitrogens with two attached hydrogens (primary N) is 1. The molecule has 1 heterocycles. The van der Waals surface area contributed by atoms with Crippen LogP contribution in [0.1, 0.15) is 12.5 Å². The lowest BCUT2D eigenvalue weighted by Crippen LogP contribution is -2.48. The number of aryl methyl sites for hydroxylation is 1. The summed E-state index contributed by atoms with van der Waals surface area (Å²) in [6, 6.07) is 6.07. The lowest BCUT2D eigenvalue weighted by atomic mass is 10.1. The van der Waals surface area contributed by atoms with Crippen LogP contribution in [-0.4, -0.2) is 42.1 Å². The SMILES string of the molecule is CC(=O)N1CCN(c2ccc(NC(N)=S)cc2C)CC1. The number of rotatable bonds is 2. The number of nitrogens with zero attached hydrogens (tertiary/aromatic N) is 2. The van der Waals surface area contributed by atoms with Crippen molar-refractivity contribution in [3.63, 3.8) is 0 Å². The van der Waals surface area contributed by atoms with Crippen molar-refractivity contribution in [2.75, 3.05) is 36.4 Å². The normalized spacial score (nSPS) is 15.1. The third kappa shape index (κ3) is 3.39. The molecule has 1 aliphatic rings. The van der Waals surface area contributed by atoms with Gasteiger partial charge in [-0.3, -0.25) is 4.79 Å². The van der Waals surface area contributed by atoms with E-state index < -0.39 is 0 Å². The van der Waals surface area contributed by atoms with E-state index in [4.69, 9.17) is 18.0 Å². The monoisotopic (exact) mass is 292 g/mol. The zero-order chi connectivity index (χ0) is 14.7. The van der Waals surface area contributed by atoms with Crippen LogP contribution in [0.3, 0.4) is 0 Å². The number of carbonyl (C=O) groups is 1. The summed E-state index contributed by atoms with van der Waals surface area (Å²) in [5, 5.41) is 3.21. The Morgan fingerprint density at radius 2 is 1.95 bits per heavy atom. The second kappa shape index (κ2) is 6.09. The number of benzene rings is 1. The van der Waals surface area contributed by atoms with E-state index in [2.05, 4.69) is 23.2 Å². The lowest BCUT2D eigenvalue weighted by Gasteiger charge is -2.36. The van der Waals surface area contributed by atoms with Crippen molar-refractivity contribution in [3.05, 3.63) is 23.8 Å². The highest BCUT2D eigenvalue weighted by Crippen LogP contribution is 2.24. The van der Waals surface area contributed by atoms with E-state index in [-0.39, 0.29) is 11.0 Å². The number of carbonyl (C=O) groups excluding carboxylic acids is 1. The van der Waals surface area contributed by atoms with E-state index in [1.807, 2.05) is 17.0 Å². The standard InChI is InChI=1S/C14H20N4OS/c1-10-9-12(16-14(15)20)3-4-13(10)18-7-5-17(6-8-18)11(2)19/h3-4,9H,5-8H2,1-2H3,(H3,15,16,20). The molecule has 0 radical (unpaired) electrons. The molecule has 0 bridgehead atoms. The molecule has 20 heavy (non-hydrogen) atoms. The number of anilines is 2. The fraction of sp³-hybridized carbons (Fsp3) is 0.429. The molecule has 108 valence electrons. The average molecular weight is 292 g/mol. The van der Waals surface area contributed by atoms with E-state index in [1.165, 1.54) is 11.3 Å². The van der Waals surface area contributed by atoms with Gasteiger partial charge in [0.05, 0.1) is 0 Å². The first-order chi connectivity index (χ1) is 9.47. The molecule has 6 heteroatoms. The van der Waals surface area contributed by atoms with Gasteiger partial charge in [-0.25, -0.2) is 0 Å². The van der Waals surface area contributed by atoms with Crippen LogP contribution in [0.4, 0.5) is 11.4 Å². The molecule has 2 rings (SSSR count). The summed E-state index contributed by atoms with van der Waals surface area (Å²) in [5.41, 5.74) is 8.74. The Kier molecular flexibility index (Phi) is 4.44. The molecule has 1 aromatic rings. The molecule has 1 saturated heterocycles. The van der Waals surface area contributed by atoms with Gasteiger partial charge in [-0.15, -0.1) is 0 Å². The summed E-state index contributed by atoms with van der Waals surface area (Å²) in [7, 11) is 0. The summed E-state index contributed by atoms with van der Waals surface area (Å²) >= 11 is 4.83. The van der Waals surface area contributed by atoms with Crippen LogP contribution in [0, 0.1) is 6.92 Å². The molecule has 1 fully saturated rings. The van der Waals surface area contributed by atoms with Gasteiger partial charge in [0.2, 0.25) is 5.91 Å². The van der Waals surface area contributed by atoms with E-state index in [9.17, 15) is 4.79 Å². The molecule has 0 spiro atoms. The Balaban J connectivity index is 2.07. The molecule has 1 amide bonds. The predicted octanol–water partition coefficient (Wildman–Crippen LogP) is 1.32.